The molecule has 130 valence electrons. The van der Waals surface area contributed by atoms with Crippen molar-refractivity contribution in [2.24, 2.45) is 0 Å². The molecular formula is C24H18N2S. The molecule has 0 saturated carbocycles. The lowest BCUT2D eigenvalue weighted by molar-refractivity contribution is 1.25. The van der Waals surface area contributed by atoms with Crippen LogP contribution in [-0.4, -0.2) is 9.97 Å². The number of aromatic nitrogens is 2. The number of rotatable bonds is 2. The molecule has 0 unspecified atom stereocenters. The molecule has 0 radical (unpaired) electrons. The van der Waals surface area contributed by atoms with Crippen LogP contribution in [-0.2, 0) is 0 Å². The van der Waals surface area contributed by atoms with E-state index in [-0.39, 0.29) is 0 Å². The van der Waals surface area contributed by atoms with Crippen LogP contribution in [0, 0.1) is 13.8 Å². The largest absolute Gasteiger partial charge is 0.252 e. The molecule has 0 spiro atoms. The molecule has 0 atom stereocenters. The molecule has 27 heavy (non-hydrogen) atoms. The van der Waals surface area contributed by atoms with Gasteiger partial charge in [0.25, 0.3) is 0 Å². The van der Waals surface area contributed by atoms with Crippen molar-refractivity contribution < 1.29 is 0 Å². The van der Waals surface area contributed by atoms with Gasteiger partial charge in [0.05, 0.1) is 11.0 Å². The molecule has 0 N–H and O–H groups in total. The number of hydrogen-bond acceptors (Lipinski definition) is 3. The Morgan fingerprint density at radius 2 is 1.04 bits per heavy atom. The van der Waals surface area contributed by atoms with Crippen LogP contribution in [0.4, 0.5) is 0 Å². The quantitative estimate of drug-likeness (QED) is 0.343. The summed E-state index contributed by atoms with van der Waals surface area (Å²) in [6, 6.07) is 21.2. The molecular weight excluding hydrogens is 348 g/mol. The lowest BCUT2D eigenvalue weighted by atomic mass is 9.95. The van der Waals surface area contributed by atoms with Crippen molar-refractivity contribution in [2.75, 3.05) is 0 Å². The summed E-state index contributed by atoms with van der Waals surface area (Å²) in [5.74, 6) is 0. The summed E-state index contributed by atoms with van der Waals surface area (Å²) in [4.78, 5) is 9.66. The number of pyridine rings is 2. The Morgan fingerprint density at radius 1 is 0.556 bits per heavy atom. The van der Waals surface area contributed by atoms with E-state index >= 15 is 0 Å². The average molecular weight is 366 g/mol. The molecule has 0 saturated heterocycles. The molecule has 5 rings (SSSR count). The van der Waals surface area contributed by atoms with E-state index in [1.807, 2.05) is 13.8 Å². The number of benzene rings is 2. The maximum atomic E-state index is 4.83. The standard InChI is InChI=1S/C24H18N2S/c1-15-9-11-17-5-3-7-19(23(17)25-15)21-13-27-14-22(21)20-8-4-6-18-12-10-16(2)26-24(18)20/h3-14H,1-2H3. The lowest BCUT2D eigenvalue weighted by Gasteiger charge is -2.11. The van der Waals surface area contributed by atoms with E-state index in [0.717, 1.165) is 22.4 Å². The second kappa shape index (κ2) is 6.29. The van der Waals surface area contributed by atoms with E-state index in [4.69, 9.17) is 9.97 Å². The van der Waals surface area contributed by atoms with Gasteiger partial charge < -0.3 is 0 Å². The number of aryl methyl sites for hydroxylation is 2. The molecule has 0 aliphatic rings. The fourth-order valence-electron chi connectivity index (χ4n) is 3.64. The summed E-state index contributed by atoms with van der Waals surface area (Å²) in [7, 11) is 0. The molecule has 0 amide bonds. The van der Waals surface area contributed by atoms with Gasteiger partial charge in [0, 0.05) is 44.4 Å². The third-order valence-corrected chi connectivity index (χ3v) is 5.70. The highest BCUT2D eigenvalue weighted by Gasteiger charge is 2.15. The molecule has 3 heteroatoms. The topological polar surface area (TPSA) is 25.8 Å². The zero-order valence-electron chi connectivity index (χ0n) is 15.2. The minimum atomic E-state index is 1.04. The number of fused-ring (bicyclic) bond motifs is 2. The predicted molar refractivity (Wildman–Crippen MR) is 115 cm³/mol. The van der Waals surface area contributed by atoms with Crippen LogP contribution in [0.3, 0.4) is 0 Å². The van der Waals surface area contributed by atoms with Crippen LogP contribution >= 0.6 is 11.3 Å². The first-order chi connectivity index (χ1) is 13.2. The maximum Gasteiger partial charge on any atom is 0.0783 e. The van der Waals surface area contributed by atoms with Gasteiger partial charge in [0.2, 0.25) is 0 Å². The molecule has 0 fully saturated rings. The Bertz CT molecular complexity index is 1200. The second-order valence-corrected chi connectivity index (χ2v) is 7.60. The normalized spacial score (nSPS) is 11.3. The highest BCUT2D eigenvalue weighted by molar-refractivity contribution is 7.08. The van der Waals surface area contributed by atoms with Crippen molar-refractivity contribution >= 4 is 33.1 Å². The van der Waals surface area contributed by atoms with Gasteiger partial charge in [-0.3, -0.25) is 9.97 Å². The first-order valence-corrected chi connectivity index (χ1v) is 9.95. The van der Waals surface area contributed by atoms with Crippen LogP contribution in [0.15, 0.2) is 71.4 Å². The van der Waals surface area contributed by atoms with Gasteiger partial charge in [0.1, 0.15) is 0 Å². The first kappa shape index (κ1) is 16.2. The fraction of sp³-hybridized carbons (Fsp3) is 0.0833. The SMILES string of the molecule is Cc1ccc2cccc(-c3cscc3-c3cccc4ccc(C)nc34)c2n1. The van der Waals surface area contributed by atoms with Gasteiger partial charge in [-0.25, -0.2) is 0 Å². The van der Waals surface area contributed by atoms with E-state index in [9.17, 15) is 0 Å². The molecule has 0 bridgehead atoms. The van der Waals surface area contributed by atoms with Crippen molar-refractivity contribution in [2.45, 2.75) is 13.8 Å². The van der Waals surface area contributed by atoms with Crippen molar-refractivity contribution in [1.29, 1.82) is 0 Å². The number of hydrogen-bond donors (Lipinski definition) is 0. The van der Waals surface area contributed by atoms with Crippen LogP contribution in [0.2, 0.25) is 0 Å². The van der Waals surface area contributed by atoms with Crippen LogP contribution in [0.1, 0.15) is 11.4 Å². The average Bonchev–Trinajstić information content (AvgIpc) is 3.16. The summed E-state index contributed by atoms with van der Waals surface area (Å²) < 4.78 is 0. The monoisotopic (exact) mass is 366 g/mol. The van der Waals surface area contributed by atoms with Gasteiger partial charge in [-0.15, -0.1) is 0 Å². The minimum Gasteiger partial charge on any atom is -0.252 e. The van der Waals surface area contributed by atoms with Gasteiger partial charge in [-0.05, 0) is 36.7 Å². The van der Waals surface area contributed by atoms with Crippen LogP contribution in [0.25, 0.3) is 44.1 Å². The van der Waals surface area contributed by atoms with Crippen LogP contribution < -0.4 is 0 Å². The second-order valence-electron chi connectivity index (χ2n) is 6.86. The highest BCUT2D eigenvalue weighted by Crippen LogP contribution is 2.40. The Balaban J connectivity index is 1.80. The van der Waals surface area contributed by atoms with E-state index in [1.165, 1.54) is 33.0 Å². The summed E-state index contributed by atoms with van der Waals surface area (Å²) in [6.07, 6.45) is 0. The van der Waals surface area contributed by atoms with E-state index < -0.39 is 0 Å². The first-order valence-electron chi connectivity index (χ1n) is 9.00. The summed E-state index contributed by atoms with van der Waals surface area (Å²) in [5.41, 5.74) is 8.99. The molecule has 2 aromatic carbocycles. The Hall–Kier alpha value is -3.04. The molecule has 2 nitrogen and oxygen atoms in total. The van der Waals surface area contributed by atoms with E-state index in [2.05, 4.69) is 71.4 Å². The molecule has 5 aromatic rings. The van der Waals surface area contributed by atoms with Crippen molar-refractivity contribution in [3.05, 3.63) is 82.8 Å². The fourth-order valence-corrected chi connectivity index (χ4v) is 4.49. The van der Waals surface area contributed by atoms with Gasteiger partial charge in [-0.1, -0.05) is 48.5 Å². The predicted octanol–water partition coefficient (Wildman–Crippen LogP) is 6.80. The number of thiophene rings is 1. The van der Waals surface area contributed by atoms with Crippen molar-refractivity contribution in [3.8, 4) is 22.3 Å². The van der Waals surface area contributed by atoms with Crippen molar-refractivity contribution in [1.82, 2.24) is 9.97 Å². The molecule has 0 aliphatic heterocycles. The third kappa shape index (κ3) is 2.71. The van der Waals surface area contributed by atoms with Crippen LogP contribution in [0.5, 0.6) is 0 Å². The number of para-hydroxylation sites is 2. The molecule has 0 aliphatic carbocycles. The smallest absolute Gasteiger partial charge is 0.0783 e. The molecule has 3 aromatic heterocycles. The van der Waals surface area contributed by atoms with Gasteiger partial charge in [0.15, 0.2) is 0 Å². The van der Waals surface area contributed by atoms with Gasteiger partial charge in [-0.2, -0.15) is 11.3 Å². The summed E-state index contributed by atoms with van der Waals surface area (Å²) in [6.45, 7) is 4.09. The summed E-state index contributed by atoms with van der Waals surface area (Å²) >= 11 is 1.73. The molecule has 3 heterocycles. The van der Waals surface area contributed by atoms with Crippen molar-refractivity contribution in [3.63, 3.8) is 0 Å². The number of nitrogens with zero attached hydrogens (tertiary/aromatic N) is 2. The zero-order chi connectivity index (χ0) is 18.4. The highest BCUT2D eigenvalue weighted by atomic mass is 32.1. The minimum absolute atomic E-state index is 1.04. The third-order valence-electron chi connectivity index (χ3n) is 4.96. The van der Waals surface area contributed by atoms with Gasteiger partial charge >= 0.3 is 0 Å². The Kier molecular flexibility index (Phi) is 3.76. The van der Waals surface area contributed by atoms with E-state index in [0.29, 0.717) is 0 Å². The van der Waals surface area contributed by atoms with E-state index in [1.54, 1.807) is 11.3 Å². The maximum absolute atomic E-state index is 4.83. The summed E-state index contributed by atoms with van der Waals surface area (Å²) in [5, 5.41) is 6.79. The zero-order valence-corrected chi connectivity index (χ0v) is 16.0. The Morgan fingerprint density at radius 3 is 1.52 bits per heavy atom. The lowest BCUT2D eigenvalue weighted by Crippen LogP contribution is -1.90. The Labute approximate surface area is 162 Å².